The molecule has 0 amide bonds. The Balaban J connectivity index is 1.66. The number of aryl methyl sites for hydroxylation is 2. The number of esters is 1. The molecule has 6 nitrogen and oxygen atoms in total. The number of hydrogen-bond acceptors (Lipinski definition) is 5. The summed E-state index contributed by atoms with van der Waals surface area (Å²) in [6.07, 6.45) is 1.49. The van der Waals surface area contributed by atoms with Gasteiger partial charge in [0.25, 0.3) is 5.56 Å². The second-order valence-electron chi connectivity index (χ2n) is 6.83. The quantitative estimate of drug-likeness (QED) is 0.295. The van der Waals surface area contributed by atoms with E-state index in [1.54, 1.807) is 61.5 Å². The molecule has 0 radical (unpaired) electrons. The summed E-state index contributed by atoms with van der Waals surface area (Å²) in [7, 11) is 0. The second-order valence-corrected chi connectivity index (χ2v) is 6.83. The van der Waals surface area contributed by atoms with Crippen LogP contribution in [0.3, 0.4) is 0 Å². The fourth-order valence-corrected chi connectivity index (χ4v) is 3.02. The van der Waals surface area contributed by atoms with E-state index in [1.807, 2.05) is 25.1 Å². The van der Waals surface area contributed by atoms with Crippen molar-refractivity contribution >= 4 is 23.1 Å². The van der Waals surface area contributed by atoms with Crippen LogP contribution in [0.5, 0.6) is 5.75 Å². The molecule has 0 saturated carbocycles. The summed E-state index contributed by atoms with van der Waals surface area (Å²) in [5, 5.41) is 4.79. The predicted molar refractivity (Wildman–Crippen MR) is 116 cm³/mol. The molecular formula is C24H19N3O3. The van der Waals surface area contributed by atoms with Crippen molar-refractivity contribution in [3.63, 3.8) is 0 Å². The van der Waals surface area contributed by atoms with Gasteiger partial charge in [0.2, 0.25) is 0 Å². The van der Waals surface area contributed by atoms with Crippen LogP contribution < -0.4 is 10.3 Å². The van der Waals surface area contributed by atoms with Crippen molar-refractivity contribution in [2.45, 2.75) is 13.8 Å². The molecule has 0 spiro atoms. The number of carbonyl (C=O) groups excluding carboxylic acids is 1. The Morgan fingerprint density at radius 3 is 2.47 bits per heavy atom. The summed E-state index contributed by atoms with van der Waals surface area (Å²) in [6.45, 7) is 3.67. The van der Waals surface area contributed by atoms with E-state index in [4.69, 9.17) is 4.74 Å². The van der Waals surface area contributed by atoms with Gasteiger partial charge in [-0.25, -0.2) is 9.78 Å². The number of rotatable bonds is 4. The average Bonchev–Trinajstić information content (AvgIpc) is 2.75. The number of carbonyl (C=O) groups is 1. The van der Waals surface area contributed by atoms with E-state index in [0.717, 1.165) is 5.56 Å². The zero-order valence-electron chi connectivity index (χ0n) is 16.6. The Morgan fingerprint density at radius 2 is 1.67 bits per heavy atom. The number of aromatic nitrogens is 2. The van der Waals surface area contributed by atoms with Gasteiger partial charge in [0, 0.05) is 5.56 Å². The van der Waals surface area contributed by atoms with Crippen molar-refractivity contribution in [1.82, 2.24) is 9.66 Å². The van der Waals surface area contributed by atoms with Crippen LogP contribution in [0, 0.1) is 13.8 Å². The van der Waals surface area contributed by atoms with Gasteiger partial charge in [-0.15, -0.1) is 0 Å². The first kappa shape index (κ1) is 19.3. The molecule has 0 bridgehead atoms. The van der Waals surface area contributed by atoms with Crippen molar-refractivity contribution in [2.75, 3.05) is 0 Å². The van der Waals surface area contributed by atoms with Gasteiger partial charge in [-0.3, -0.25) is 4.79 Å². The van der Waals surface area contributed by atoms with E-state index in [-0.39, 0.29) is 5.56 Å². The van der Waals surface area contributed by atoms with Crippen molar-refractivity contribution in [2.24, 2.45) is 5.10 Å². The average molecular weight is 397 g/mol. The third-order valence-electron chi connectivity index (χ3n) is 4.64. The number of nitrogens with zero attached hydrogens (tertiary/aromatic N) is 3. The fraction of sp³-hybridized carbons (Fsp3) is 0.0833. The van der Waals surface area contributed by atoms with Crippen molar-refractivity contribution in [3.8, 4) is 5.75 Å². The van der Waals surface area contributed by atoms with Crippen molar-refractivity contribution in [3.05, 3.63) is 106 Å². The minimum Gasteiger partial charge on any atom is -0.422 e. The van der Waals surface area contributed by atoms with Gasteiger partial charge in [-0.05, 0) is 50.2 Å². The number of para-hydroxylation sites is 2. The summed E-state index contributed by atoms with van der Waals surface area (Å²) < 4.78 is 6.79. The normalized spacial score (nSPS) is 11.1. The molecule has 0 aliphatic heterocycles. The molecule has 1 aromatic heterocycles. The Morgan fingerprint density at radius 1 is 0.967 bits per heavy atom. The lowest BCUT2D eigenvalue weighted by atomic mass is 10.1. The molecule has 0 aliphatic carbocycles. The largest absolute Gasteiger partial charge is 0.422 e. The van der Waals surface area contributed by atoms with Crippen LogP contribution in [0.25, 0.3) is 10.9 Å². The molecule has 4 aromatic rings. The van der Waals surface area contributed by atoms with Gasteiger partial charge in [-0.2, -0.15) is 9.78 Å². The van der Waals surface area contributed by atoms with E-state index in [0.29, 0.717) is 33.6 Å². The minimum absolute atomic E-state index is 0.261. The number of fused-ring (bicyclic) bond motifs is 1. The molecule has 4 rings (SSSR count). The lowest BCUT2D eigenvalue weighted by Gasteiger charge is -2.08. The predicted octanol–water partition coefficient (Wildman–Crippen LogP) is 4.11. The molecule has 0 aliphatic rings. The van der Waals surface area contributed by atoms with Gasteiger partial charge >= 0.3 is 5.97 Å². The van der Waals surface area contributed by atoms with Gasteiger partial charge in [0.1, 0.15) is 11.6 Å². The topological polar surface area (TPSA) is 73.5 Å². The van der Waals surface area contributed by atoms with Crippen LogP contribution in [0.2, 0.25) is 0 Å². The molecule has 0 fully saturated rings. The Hall–Kier alpha value is -4.06. The first-order chi connectivity index (χ1) is 14.5. The Kier molecular flexibility index (Phi) is 5.22. The highest BCUT2D eigenvalue weighted by Gasteiger charge is 2.11. The third kappa shape index (κ3) is 3.89. The molecule has 3 aromatic carbocycles. The summed E-state index contributed by atoms with van der Waals surface area (Å²) in [5.41, 5.74) is 2.45. The highest BCUT2D eigenvalue weighted by Crippen LogP contribution is 2.18. The zero-order chi connectivity index (χ0) is 21.1. The van der Waals surface area contributed by atoms with E-state index in [2.05, 4.69) is 10.1 Å². The van der Waals surface area contributed by atoms with Crippen LogP contribution in [0.4, 0.5) is 0 Å². The van der Waals surface area contributed by atoms with E-state index in [9.17, 15) is 9.59 Å². The lowest BCUT2D eigenvalue weighted by Crippen LogP contribution is -2.20. The summed E-state index contributed by atoms with van der Waals surface area (Å²) in [6, 6.07) is 21.3. The lowest BCUT2D eigenvalue weighted by molar-refractivity contribution is 0.0734. The van der Waals surface area contributed by atoms with Crippen LogP contribution in [-0.4, -0.2) is 21.8 Å². The molecule has 0 saturated heterocycles. The SMILES string of the molecule is Cc1ccc(C(=O)Oc2ccccc2C=Nn2c(C)nc3ccccc3c2=O)cc1. The van der Waals surface area contributed by atoms with E-state index < -0.39 is 5.97 Å². The maximum atomic E-state index is 12.8. The highest BCUT2D eigenvalue weighted by atomic mass is 16.5. The van der Waals surface area contributed by atoms with Gasteiger partial charge in [0.05, 0.1) is 22.7 Å². The van der Waals surface area contributed by atoms with E-state index >= 15 is 0 Å². The monoisotopic (exact) mass is 397 g/mol. The highest BCUT2D eigenvalue weighted by molar-refractivity contribution is 5.93. The van der Waals surface area contributed by atoms with Crippen LogP contribution in [0.1, 0.15) is 27.3 Å². The van der Waals surface area contributed by atoms with Gasteiger partial charge in [0.15, 0.2) is 0 Å². The maximum absolute atomic E-state index is 12.8. The molecular weight excluding hydrogens is 378 g/mol. The minimum atomic E-state index is -0.462. The third-order valence-corrected chi connectivity index (χ3v) is 4.64. The Bertz CT molecular complexity index is 1320. The first-order valence-corrected chi connectivity index (χ1v) is 9.43. The molecule has 6 heteroatoms. The molecule has 0 unspecified atom stereocenters. The van der Waals surface area contributed by atoms with E-state index in [1.165, 1.54) is 10.9 Å². The molecule has 0 atom stereocenters. The smallest absolute Gasteiger partial charge is 0.343 e. The standard InChI is InChI=1S/C24H19N3O3/c1-16-11-13-18(14-12-16)24(29)30-22-10-6-3-7-19(22)15-25-27-17(2)26-21-9-5-4-8-20(21)23(27)28/h3-15H,1-2H3. The molecule has 30 heavy (non-hydrogen) atoms. The Labute approximate surface area is 173 Å². The number of benzene rings is 3. The van der Waals surface area contributed by atoms with Gasteiger partial charge < -0.3 is 4.74 Å². The van der Waals surface area contributed by atoms with Crippen molar-refractivity contribution in [1.29, 1.82) is 0 Å². The van der Waals surface area contributed by atoms with Gasteiger partial charge in [-0.1, -0.05) is 42.0 Å². The summed E-state index contributed by atoms with van der Waals surface area (Å²) >= 11 is 0. The zero-order valence-corrected chi connectivity index (χ0v) is 16.6. The van der Waals surface area contributed by atoms with Crippen LogP contribution in [-0.2, 0) is 0 Å². The van der Waals surface area contributed by atoms with Crippen LogP contribution in [0.15, 0.2) is 82.7 Å². The maximum Gasteiger partial charge on any atom is 0.343 e. The second kappa shape index (κ2) is 8.13. The van der Waals surface area contributed by atoms with Crippen molar-refractivity contribution < 1.29 is 9.53 Å². The van der Waals surface area contributed by atoms with Crippen LogP contribution >= 0.6 is 0 Å². The number of ether oxygens (including phenoxy) is 1. The summed E-state index contributed by atoms with van der Waals surface area (Å²) in [5.74, 6) is 0.354. The molecule has 148 valence electrons. The number of hydrogen-bond donors (Lipinski definition) is 0. The molecule has 1 heterocycles. The first-order valence-electron chi connectivity index (χ1n) is 9.43. The molecule has 0 N–H and O–H groups in total. The fourth-order valence-electron chi connectivity index (χ4n) is 3.02. The summed E-state index contributed by atoms with van der Waals surface area (Å²) in [4.78, 5) is 29.7.